The number of rotatable bonds is 6. The minimum Gasteiger partial charge on any atom is -0.454 e. The number of hydrogen-bond donors (Lipinski definition) is 1. The van der Waals surface area contributed by atoms with Gasteiger partial charge in [0, 0.05) is 10.2 Å². The first kappa shape index (κ1) is 21.0. The van der Waals surface area contributed by atoms with Crippen LogP contribution in [0.25, 0.3) is 0 Å². The summed E-state index contributed by atoms with van der Waals surface area (Å²) in [4.78, 5) is 51.5. The van der Waals surface area contributed by atoms with Crippen molar-refractivity contribution in [2.45, 2.75) is 45.6 Å². The van der Waals surface area contributed by atoms with Crippen molar-refractivity contribution < 1.29 is 23.9 Å². The van der Waals surface area contributed by atoms with Gasteiger partial charge in [0.25, 0.3) is 5.91 Å². The summed E-state index contributed by atoms with van der Waals surface area (Å²) in [6, 6.07) is 4.48. The van der Waals surface area contributed by atoms with Crippen LogP contribution in [-0.2, 0) is 30.3 Å². The Balaban J connectivity index is 1.35. The Morgan fingerprint density at radius 1 is 1.20 bits per heavy atom. The van der Waals surface area contributed by atoms with Crippen LogP contribution in [0.15, 0.2) is 22.7 Å². The molecular formula is C22H25BrN2O5. The van der Waals surface area contributed by atoms with E-state index in [1.807, 2.05) is 19.1 Å². The number of carbonyl (C=O) groups excluding carboxylic acids is 4. The van der Waals surface area contributed by atoms with Crippen LogP contribution in [0.2, 0.25) is 0 Å². The van der Waals surface area contributed by atoms with E-state index < -0.39 is 24.5 Å². The second-order valence-corrected chi connectivity index (χ2v) is 9.33. The zero-order valence-corrected chi connectivity index (χ0v) is 18.6. The van der Waals surface area contributed by atoms with Gasteiger partial charge in [0.15, 0.2) is 6.61 Å². The molecule has 0 unspecified atom stereocenters. The Bertz CT molecular complexity index is 889. The van der Waals surface area contributed by atoms with Crippen LogP contribution in [0.4, 0.5) is 5.69 Å². The first-order chi connectivity index (χ1) is 14.3. The molecule has 2 saturated carbocycles. The van der Waals surface area contributed by atoms with Crippen molar-refractivity contribution >= 4 is 45.3 Å². The number of nitrogens with one attached hydrogen (secondary N) is 1. The summed E-state index contributed by atoms with van der Waals surface area (Å²) in [5.41, 5.74) is 1.61. The molecule has 3 fully saturated rings. The van der Waals surface area contributed by atoms with E-state index in [4.69, 9.17) is 4.74 Å². The minimum atomic E-state index is -1.03. The minimum absolute atomic E-state index is 0.256. The molecule has 1 aromatic carbocycles. The van der Waals surface area contributed by atoms with Gasteiger partial charge in [-0.05, 0) is 68.2 Å². The molecule has 2 bridgehead atoms. The molecule has 1 N–H and O–H groups in total. The molecule has 0 spiro atoms. The molecule has 8 heteroatoms. The van der Waals surface area contributed by atoms with Crippen LogP contribution >= 0.6 is 15.9 Å². The molecule has 3 aliphatic rings. The van der Waals surface area contributed by atoms with Gasteiger partial charge in [-0.3, -0.25) is 19.3 Å². The van der Waals surface area contributed by atoms with Gasteiger partial charge in [-0.1, -0.05) is 22.9 Å². The summed E-state index contributed by atoms with van der Waals surface area (Å²) >= 11 is 3.40. The molecule has 2 aliphatic carbocycles. The van der Waals surface area contributed by atoms with Crippen LogP contribution in [0.3, 0.4) is 0 Å². The maximum Gasteiger partial charge on any atom is 0.329 e. The van der Waals surface area contributed by atoms with Gasteiger partial charge in [0.1, 0.15) is 6.04 Å². The van der Waals surface area contributed by atoms with Gasteiger partial charge in [-0.15, -0.1) is 0 Å². The van der Waals surface area contributed by atoms with Crippen LogP contribution in [0.5, 0.6) is 0 Å². The highest BCUT2D eigenvalue weighted by atomic mass is 79.9. The highest BCUT2D eigenvalue weighted by molar-refractivity contribution is 9.10. The molecule has 3 amide bonds. The van der Waals surface area contributed by atoms with Crippen LogP contribution in [0.1, 0.15) is 38.7 Å². The second kappa shape index (κ2) is 8.13. The lowest BCUT2D eigenvalue weighted by Gasteiger charge is -2.23. The fourth-order valence-electron chi connectivity index (χ4n) is 5.34. The number of ether oxygens (including phenoxy) is 1. The molecule has 1 heterocycles. The fourth-order valence-corrected chi connectivity index (χ4v) is 5.75. The molecule has 0 aromatic heterocycles. The van der Waals surface area contributed by atoms with Crippen LogP contribution in [-0.4, -0.2) is 41.2 Å². The third-order valence-electron chi connectivity index (χ3n) is 6.76. The molecule has 160 valence electrons. The number of amides is 3. The van der Waals surface area contributed by atoms with Crippen LogP contribution < -0.4 is 5.32 Å². The van der Waals surface area contributed by atoms with E-state index in [2.05, 4.69) is 21.2 Å². The van der Waals surface area contributed by atoms with E-state index in [9.17, 15) is 19.2 Å². The zero-order valence-electron chi connectivity index (χ0n) is 17.0. The van der Waals surface area contributed by atoms with Crippen molar-refractivity contribution in [3.05, 3.63) is 28.2 Å². The third kappa shape index (κ3) is 3.55. The number of benzene rings is 1. The number of halogens is 1. The highest BCUT2D eigenvalue weighted by Gasteiger charge is 2.62. The summed E-state index contributed by atoms with van der Waals surface area (Å²) in [6.45, 7) is 2.99. The van der Waals surface area contributed by atoms with Gasteiger partial charge in [-0.25, -0.2) is 4.79 Å². The second-order valence-electron chi connectivity index (χ2n) is 8.42. The Labute approximate surface area is 183 Å². The number of nitrogens with zero attached hydrogens (tertiary/aromatic N) is 1. The lowest BCUT2D eigenvalue weighted by molar-refractivity contribution is -0.159. The van der Waals surface area contributed by atoms with Crippen molar-refractivity contribution in [3.63, 3.8) is 0 Å². The standard InChI is InChI=1S/C22H25BrN2O5/c1-3-12-9-15(23)6-7-16(12)24-17(26)10-30-22(29)11(2)25-20(27)18-13-4-5-14(8-13)19(18)21(25)28/h6-7,9,11,13-14,18-19H,3-5,8,10H2,1-2H3,(H,24,26)/t11-,13-,14-,18+,19+/m0/s1. The summed E-state index contributed by atoms with van der Waals surface area (Å²) in [5, 5.41) is 2.74. The van der Waals surface area contributed by atoms with Gasteiger partial charge in [0.2, 0.25) is 11.8 Å². The van der Waals surface area contributed by atoms with Gasteiger partial charge >= 0.3 is 5.97 Å². The topological polar surface area (TPSA) is 92.8 Å². The van der Waals surface area contributed by atoms with Crippen molar-refractivity contribution in [1.82, 2.24) is 4.90 Å². The van der Waals surface area contributed by atoms with Crippen molar-refractivity contribution in [2.24, 2.45) is 23.7 Å². The molecule has 4 rings (SSSR count). The first-order valence-electron chi connectivity index (χ1n) is 10.4. The van der Waals surface area contributed by atoms with E-state index in [0.29, 0.717) is 5.69 Å². The first-order valence-corrected chi connectivity index (χ1v) is 11.2. The Hall–Kier alpha value is -2.22. The van der Waals surface area contributed by atoms with E-state index in [-0.39, 0.29) is 35.5 Å². The lowest BCUT2D eigenvalue weighted by Crippen LogP contribution is -2.45. The number of likely N-dealkylation sites (tertiary alicyclic amines) is 1. The fraction of sp³-hybridized carbons (Fsp3) is 0.545. The average Bonchev–Trinajstić information content (AvgIpc) is 3.40. The van der Waals surface area contributed by atoms with Crippen LogP contribution in [0, 0.1) is 23.7 Å². The Morgan fingerprint density at radius 3 is 2.43 bits per heavy atom. The maximum absolute atomic E-state index is 12.8. The number of esters is 1. The molecule has 1 saturated heterocycles. The number of hydrogen-bond acceptors (Lipinski definition) is 5. The average molecular weight is 477 g/mol. The van der Waals surface area contributed by atoms with Gasteiger partial charge in [0.05, 0.1) is 11.8 Å². The predicted octanol–water partition coefficient (Wildman–Crippen LogP) is 2.91. The van der Waals surface area contributed by atoms with E-state index >= 15 is 0 Å². The molecule has 1 aromatic rings. The smallest absolute Gasteiger partial charge is 0.329 e. The van der Waals surface area contributed by atoms with E-state index in [0.717, 1.165) is 40.6 Å². The maximum atomic E-state index is 12.8. The molecule has 5 atom stereocenters. The monoisotopic (exact) mass is 476 g/mol. The Kier molecular flexibility index (Phi) is 5.70. The number of anilines is 1. The molecule has 1 aliphatic heterocycles. The molecule has 7 nitrogen and oxygen atoms in total. The number of carbonyl (C=O) groups is 4. The quantitative estimate of drug-likeness (QED) is 0.503. The highest BCUT2D eigenvalue weighted by Crippen LogP contribution is 2.56. The number of fused-ring (bicyclic) bond motifs is 5. The molecule has 0 radical (unpaired) electrons. The lowest BCUT2D eigenvalue weighted by atomic mass is 9.81. The van der Waals surface area contributed by atoms with Gasteiger partial charge in [-0.2, -0.15) is 0 Å². The number of aryl methyl sites for hydroxylation is 1. The number of imide groups is 1. The summed E-state index contributed by atoms with van der Waals surface area (Å²) < 4.78 is 6.04. The summed E-state index contributed by atoms with van der Waals surface area (Å²) in [5.74, 6) is -1.77. The SMILES string of the molecule is CCc1cc(Br)ccc1NC(=O)COC(=O)[C@H](C)N1C(=O)[C@@H]2[C@H]3CC[C@@H](C3)[C@H]2C1=O. The molecular weight excluding hydrogens is 452 g/mol. The normalized spacial score (nSPS) is 27.9. The predicted molar refractivity (Wildman–Crippen MR) is 112 cm³/mol. The van der Waals surface area contributed by atoms with E-state index in [1.165, 1.54) is 6.92 Å². The summed E-state index contributed by atoms with van der Waals surface area (Å²) in [7, 11) is 0. The molecule has 30 heavy (non-hydrogen) atoms. The van der Waals surface area contributed by atoms with Crippen molar-refractivity contribution in [1.29, 1.82) is 0 Å². The third-order valence-corrected chi connectivity index (χ3v) is 7.25. The summed E-state index contributed by atoms with van der Waals surface area (Å²) in [6.07, 6.45) is 3.63. The largest absolute Gasteiger partial charge is 0.454 e. The Morgan fingerprint density at radius 2 is 1.83 bits per heavy atom. The van der Waals surface area contributed by atoms with Gasteiger partial charge < -0.3 is 10.1 Å². The van der Waals surface area contributed by atoms with Crippen molar-refractivity contribution in [2.75, 3.05) is 11.9 Å². The van der Waals surface area contributed by atoms with Crippen molar-refractivity contribution in [3.8, 4) is 0 Å². The zero-order chi connectivity index (χ0) is 21.6. The van der Waals surface area contributed by atoms with E-state index in [1.54, 1.807) is 6.07 Å².